The second-order valence-electron chi connectivity index (χ2n) is 4.75. The van der Waals surface area contributed by atoms with Crippen LogP contribution in [0.1, 0.15) is 26.3 Å². The van der Waals surface area contributed by atoms with E-state index in [1.54, 1.807) is 11.3 Å². The van der Waals surface area contributed by atoms with E-state index in [0.717, 1.165) is 11.4 Å². The standard InChI is InChI=1S/C12H16N2S2/c1-12(2,3)14-7-9(8-15)11(13-14)10-5-4-6-16-10/h4-7,15H,8H2,1-3H3. The molecule has 86 valence electrons. The predicted octanol–water partition coefficient (Wildman–Crippen LogP) is 3.80. The van der Waals surface area contributed by atoms with Crippen LogP contribution in [0.5, 0.6) is 0 Å². The molecule has 2 aromatic rings. The van der Waals surface area contributed by atoms with Crippen molar-refractivity contribution in [3.63, 3.8) is 0 Å². The lowest BCUT2D eigenvalue weighted by molar-refractivity contribution is 0.356. The molecule has 0 saturated carbocycles. The van der Waals surface area contributed by atoms with E-state index < -0.39 is 0 Å². The zero-order valence-corrected chi connectivity index (χ0v) is 11.5. The molecule has 0 atom stereocenters. The molecule has 0 aromatic carbocycles. The average molecular weight is 252 g/mol. The second kappa shape index (κ2) is 4.26. The van der Waals surface area contributed by atoms with Gasteiger partial charge in [0.1, 0.15) is 5.69 Å². The molecule has 4 heteroatoms. The highest BCUT2D eigenvalue weighted by atomic mass is 32.1. The minimum atomic E-state index is 0.0210. The van der Waals surface area contributed by atoms with Gasteiger partial charge in [0.15, 0.2) is 0 Å². The minimum absolute atomic E-state index is 0.0210. The van der Waals surface area contributed by atoms with Crippen LogP contribution in [-0.2, 0) is 11.3 Å². The molecule has 0 spiro atoms. The molecular formula is C12H16N2S2. The number of nitrogens with zero attached hydrogens (tertiary/aromatic N) is 2. The van der Waals surface area contributed by atoms with Crippen LogP contribution in [0.3, 0.4) is 0 Å². The van der Waals surface area contributed by atoms with Crippen LogP contribution in [0.25, 0.3) is 10.6 Å². The van der Waals surface area contributed by atoms with Crippen molar-refractivity contribution in [1.82, 2.24) is 9.78 Å². The smallest absolute Gasteiger partial charge is 0.106 e. The fourth-order valence-corrected chi connectivity index (χ4v) is 2.47. The highest BCUT2D eigenvalue weighted by Gasteiger charge is 2.18. The van der Waals surface area contributed by atoms with Crippen LogP contribution in [0, 0.1) is 0 Å². The normalized spacial score (nSPS) is 12.0. The summed E-state index contributed by atoms with van der Waals surface area (Å²) in [5.41, 5.74) is 2.29. The predicted molar refractivity (Wildman–Crippen MR) is 73.2 cm³/mol. The Labute approximate surface area is 106 Å². The van der Waals surface area contributed by atoms with Crippen LogP contribution in [-0.4, -0.2) is 9.78 Å². The summed E-state index contributed by atoms with van der Waals surface area (Å²) in [5, 5.41) is 6.75. The Morgan fingerprint density at radius 1 is 1.44 bits per heavy atom. The maximum atomic E-state index is 4.67. The molecule has 16 heavy (non-hydrogen) atoms. The van der Waals surface area contributed by atoms with Gasteiger partial charge in [0.05, 0.1) is 10.4 Å². The van der Waals surface area contributed by atoms with Gasteiger partial charge in [0, 0.05) is 17.5 Å². The highest BCUT2D eigenvalue weighted by molar-refractivity contribution is 7.79. The molecule has 0 radical (unpaired) electrons. The average Bonchev–Trinajstić information content (AvgIpc) is 2.85. The molecule has 0 fully saturated rings. The zero-order chi connectivity index (χ0) is 11.8. The van der Waals surface area contributed by atoms with Gasteiger partial charge in [-0.1, -0.05) is 6.07 Å². The van der Waals surface area contributed by atoms with E-state index in [4.69, 9.17) is 0 Å². The molecule has 0 aliphatic heterocycles. The molecule has 0 aliphatic carbocycles. The summed E-state index contributed by atoms with van der Waals surface area (Å²) in [6, 6.07) is 4.16. The van der Waals surface area contributed by atoms with Gasteiger partial charge in [-0.15, -0.1) is 11.3 Å². The van der Waals surface area contributed by atoms with E-state index in [1.807, 2.05) is 4.68 Å². The van der Waals surface area contributed by atoms with Crippen molar-refractivity contribution in [2.45, 2.75) is 32.1 Å². The number of aromatic nitrogens is 2. The number of rotatable bonds is 2. The lowest BCUT2D eigenvalue weighted by Gasteiger charge is -2.18. The molecule has 0 unspecified atom stereocenters. The quantitative estimate of drug-likeness (QED) is 0.805. The molecule has 2 rings (SSSR count). The Balaban J connectivity index is 2.50. The summed E-state index contributed by atoms with van der Waals surface area (Å²) < 4.78 is 2.02. The third-order valence-corrected chi connectivity index (χ3v) is 3.62. The summed E-state index contributed by atoms with van der Waals surface area (Å²) >= 11 is 6.09. The monoisotopic (exact) mass is 252 g/mol. The topological polar surface area (TPSA) is 17.8 Å². The maximum absolute atomic E-state index is 4.67. The Morgan fingerprint density at radius 3 is 2.69 bits per heavy atom. The second-order valence-corrected chi connectivity index (χ2v) is 6.02. The Kier molecular flexibility index (Phi) is 3.13. The number of thiol groups is 1. The molecule has 2 aromatic heterocycles. The van der Waals surface area contributed by atoms with Gasteiger partial charge >= 0.3 is 0 Å². The van der Waals surface area contributed by atoms with Gasteiger partial charge in [0.2, 0.25) is 0 Å². The first-order valence-corrected chi connectivity index (χ1v) is 6.77. The van der Waals surface area contributed by atoms with E-state index in [-0.39, 0.29) is 5.54 Å². The summed E-state index contributed by atoms with van der Waals surface area (Å²) in [4.78, 5) is 1.21. The van der Waals surface area contributed by atoms with Gasteiger partial charge in [-0.05, 0) is 32.2 Å². The van der Waals surface area contributed by atoms with Gasteiger partial charge in [-0.25, -0.2) is 0 Å². The van der Waals surface area contributed by atoms with Gasteiger partial charge < -0.3 is 0 Å². The summed E-state index contributed by atoms with van der Waals surface area (Å²) in [6.07, 6.45) is 2.10. The lowest BCUT2D eigenvalue weighted by Crippen LogP contribution is -2.22. The zero-order valence-electron chi connectivity index (χ0n) is 9.77. The highest BCUT2D eigenvalue weighted by Crippen LogP contribution is 2.29. The van der Waals surface area contributed by atoms with E-state index in [2.05, 4.69) is 62.2 Å². The van der Waals surface area contributed by atoms with Crippen molar-refractivity contribution < 1.29 is 0 Å². The fraction of sp³-hybridized carbons (Fsp3) is 0.417. The Bertz CT molecular complexity index is 464. The minimum Gasteiger partial charge on any atom is -0.267 e. The van der Waals surface area contributed by atoms with Gasteiger partial charge in [-0.2, -0.15) is 17.7 Å². The first-order chi connectivity index (χ1) is 7.52. The van der Waals surface area contributed by atoms with Crippen molar-refractivity contribution in [3.8, 4) is 10.6 Å². The first kappa shape index (κ1) is 11.7. The van der Waals surface area contributed by atoms with Crippen molar-refractivity contribution in [1.29, 1.82) is 0 Å². The van der Waals surface area contributed by atoms with Crippen LogP contribution < -0.4 is 0 Å². The summed E-state index contributed by atoms with van der Waals surface area (Å²) in [5.74, 6) is 0.726. The third kappa shape index (κ3) is 2.18. The van der Waals surface area contributed by atoms with E-state index in [0.29, 0.717) is 0 Å². The molecule has 0 bridgehead atoms. The van der Waals surface area contributed by atoms with E-state index in [9.17, 15) is 0 Å². The maximum Gasteiger partial charge on any atom is 0.106 e. The van der Waals surface area contributed by atoms with E-state index in [1.165, 1.54) is 10.4 Å². The molecule has 0 N–H and O–H groups in total. The molecular weight excluding hydrogens is 236 g/mol. The van der Waals surface area contributed by atoms with Gasteiger partial charge in [0.25, 0.3) is 0 Å². The van der Waals surface area contributed by atoms with Gasteiger partial charge in [-0.3, -0.25) is 4.68 Å². The Morgan fingerprint density at radius 2 is 2.19 bits per heavy atom. The summed E-state index contributed by atoms with van der Waals surface area (Å²) in [6.45, 7) is 6.46. The molecule has 2 nitrogen and oxygen atoms in total. The van der Waals surface area contributed by atoms with Crippen molar-refractivity contribution in [2.24, 2.45) is 0 Å². The fourth-order valence-electron chi connectivity index (χ4n) is 1.49. The Hall–Kier alpha value is -0.740. The largest absolute Gasteiger partial charge is 0.267 e. The van der Waals surface area contributed by atoms with Crippen LogP contribution in [0.4, 0.5) is 0 Å². The van der Waals surface area contributed by atoms with Crippen LogP contribution in [0.2, 0.25) is 0 Å². The molecule has 0 saturated heterocycles. The molecule has 0 amide bonds. The van der Waals surface area contributed by atoms with Crippen molar-refractivity contribution in [2.75, 3.05) is 0 Å². The number of hydrogen-bond donors (Lipinski definition) is 1. The van der Waals surface area contributed by atoms with Crippen molar-refractivity contribution >= 4 is 24.0 Å². The van der Waals surface area contributed by atoms with Crippen molar-refractivity contribution in [3.05, 3.63) is 29.3 Å². The third-order valence-electron chi connectivity index (χ3n) is 2.40. The molecule has 2 heterocycles. The number of thiophene rings is 1. The lowest BCUT2D eigenvalue weighted by atomic mass is 10.1. The van der Waals surface area contributed by atoms with Crippen LogP contribution >= 0.6 is 24.0 Å². The summed E-state index contributed by atoms with van der Waals surface area (Å²) in [7, 11) is 0. The first-order valence-electron chi connectivity index (χ1n) is 5.26. The number of hydrogen-bond acceptors (Lipinski definition) is 3. The van der Waals surface area contributed by atoms with Crippen LogP contribution in [0.15, 0.2) is 23.7 Å². The SMILES string of the molecule is CC(C)(C)n1cc(CS)c(-c2cccs2)n1. The van der Waals surface area contributed by atoms with E-state index >= 15 is 0 Å². The molecule has 0 aliphatic rings.